The first-order valence-electron chi connectivity index (χ1n) is 4.93. The van der Waals surface area contributed by atoms with E-state index >= 15 is 0 Å². The molecule has 1 aromatic rings. The molecule has 0 atom stereocenters. The Kier molecular flexibility index (Phi) is 3.46. The number of benzene rings is 1. The van der Waals surface area contributed by atoms with Gasteiger partial charge in [-0.2, -0.15) is 0 Å². The van der Waals surface area contributed by atoms with Crippen LogP contribution in [0.15, 0.2) is 40.0 Å². The predicted molar refractivity (Wildman–Crippen MR) is 69.4 cm³/mol. The van der Waals surface area contributed by atoms with Crippen LogP contribution in [-0.4, -0.2) is 24.6 Å². The fraction of sp³-hybridized carbons (Fsp3) is 0.182. The molecular formula is C11H12BrN3O. The van der Waals surface area contributed by atoms with Crippen molar-refractivity contribution < 1.29 is 5.21 Å². The summed E-state index contributed by atoms with van der Waals surface area (Å²) in [4.78, 5) is 2.26. The minimum Gasteiger partial charge on any atom is -0.410 e. The molecule has 1 aliphatic heterocycles. The molecule has 0 amide bonds. The van der Waals surface area contributed by atoms with Crippen molar-refractivity contribution in [3.63, 3.8) is 0 Å². The Bertz CT molecular complexity index is 423. The first-order chi connectivity index (χ1) is 7.81. The second-order valence-corrected chi connectivity index (χ2v) is 4.29. The number of nitrogens with zero attached hydrogens (tertiary/aromatic N) is 2. The summed E-state index contributed by atoms with van der Waals surface area (Å²) in [5.41, 5.74) is 2.04. The third kappa shape index (κ3) is 2.36. The Balaban J connectivity index is 2.16. The molecule has 1 aliphatic rings. The maximum absolute atomic E-state index is 8.30. The lowest BCUT2D eigenvalue weighted by atomic mass is 10.2. The number of nitrogens with one attached hydrogen (secondary N) is 1. The number of rotatable bonds is 3. The summed E-state index contributed by atoms with van der Waals surface area (Å²) in [7, 11) is 0. The molecule has 2 rings (SSSR count). The summed E-state index contributed by atoms with van der Waals surface area (Å²) in [6, 6.07) is 5.93. The van der Waals surface area contributed by atoms with Gasteiger partial charge in [0, 0.05) is 23.2 Å². The van der Waals surface area contributed by atoms with E-state index in [4.69, 9.17) is 5.21 Å². The van der Waals surface area contributed by atoms with Crippen LogP contribution in [0.3, 0.4) is 0 Å². The smallest absolute Gasteiger partial charge is 0.132 e. The van der Waals surface area contributed by atoms with Crippen molar-refractivity contribution in [2.24, 2.45) is 5.16 Å². The molecule has 0 saturated heterocycles. The zero-order valence-electron chi connectivity index (χ0n) is 8.60. The Morgan fingerprint density at radius 2 is 2.12 bits per heavy atom. The van der Waals surface area contributed by atoms with Crippen molar-refractivity contribution in [2.75, 3.05) is 23.3 Å². The van der Waals surface area contributed by atoms with Crippen molar-refractivity contribution in [3.05, 3.63) is 34.8 Å². The molecule has 0 aliphatic carbocycles. The van der Waals surface area contributed by atoms with Gasteiger partial charge in [-0.3, -0.25) is 0 Å². The van der Waals surface area contributed by atoms with Crippen LogP contribution >= 0.6 is 15.9 Å². The van der Waals surface area contributed by atoms with Gasteiger partial charge >= 0.3 is 0 Å². The maximum atomic E-state index is 8.30. The van der Waals surface area contributed by atoms with Gasteiger partial charge in [0.05, 0.1) is 5.69 Å². The standard InChI is InChI=1S/C11H12BrN3O/c12-10-7-9(13-8-14-16)3-4-11(10)15-5-1-2-6-15/h1-4,7-8,16H,5-6H2,(H,13,14). The summed E-state index contributed by atoms with van der Waals surface area (Å²) in [5.74, 6) is 0. The largest absolute Gasteiger partial charge is 0.410 e. The van der Waals surface area contributed by atoms with Gasteiger partial charge in [-0.15, -0.1) is 0 Å². The van der Waals surface area contributed by atoms with Crippen LogP contribution in [0.5, 0.6) is 0 Å². The van der Waals surface area contributed by atoms with Gasteiger partial charge in [-0.25, -0.2) is 0 Å². The molecule has 0 unspecified atom stereocenters. The molecule has 0 aromatic heterocycles. The Morgan fingerprint density at radius 3 is 2.75 bits per heavy atom. The van der Waals surface area contributed by atoms with Crippen LogP contribution in [0.25, 0.3) is 0 Å². The average Bonchev–Trinajstić information content (AvgIpc) is 2.80. The lowest BCUT2D eigenvalue weighted by molar-refractivity contribution is 0.321. The van der Waals surface area contributed by atoms with Gasteiger partial charge in [0.2, 0.25) is 0 Å². The first kappa shape index (κ1) is 11.0. The van der Waals surface area contributed by atoms with E-state index in [2.05, 4.69) is 43.5 Å². The summed E-state index contributed by atoms with van der Waals surface area (Å²) >= 11 is 3.53. The Labute approximate surface area is 102 Å². The second kappa shape index (κ2) is 5.03. The lowest BCUT2D eigenvalue weighted by Crippen LogP contribution is -2.18. The van der Waals surface area contributed by atoms with Crippen molar-refractivity contribution in [1.82, 2.24) is 0 Å². The number of anilines is 2. The molecule has 84 valence electrons. The molecule has 1 aromatic carbocycles. The average molecular weight is 282 g/mol. The lowest BCUT2D eigenvalue weighted by Gasteiger charge is -2.19. The molecule has 4 nitrogen and oxygen atoms in total. The topological polar surface area (TPSA) is 47.9 Å². The molecule has 0 fully saturated rings. The van der Waals surface area contributed by atoms with Crippen LogP contribution in [0.1, 0.15) is 0 Å². The van der Waals surface area contributed by atoms with Gasteiger partial charge in [0.25, 0.3) is 0 Å². The third-order valence-electron chi connectivity index (χ3n) is 2.40. The molecular weight excluding hydrogens is 270 g/mol. The minimum atomic E-state index is 0.876. The monoisotopic (exact) mass is 281 g/mol. The first-order valence-corrected chi connectivity index (χ1v) is 5.72. The van der Waals surface area contributed by atoms with E-state index < -0.39 is 0 Å². The molecule has 2 N–H and O–H groups in total. The highest BCUT2D eigenvalue weighted by Crippen LogP contribution is 2.30. The van der Waals surface area contributed by atoms with Crippen molar-refractivity contribution >= 4 is 33.6 Å². The Morgan fingerprint density at radius 1 is 1.38 bits per heavy atom. The van der Waals surface area contributed by atoms with Gasteiger partial charge < -0.3 is 15.4 Å². The molecule has 1 heterocycles. The minimum absolute atomic E-state index is 0.876. The van der Waals surface area contributed by atoms with E-state index in [-0.39, 0.29) is 0 Å². The quantitative estimate of drug-likeness (QED) is 0.294. The molecule has 0 bridgehead atoms. The molecule has 0 radical (unpaired) electrons. The van der Waals surface area contributed by atoms with Gasteiger partial charge in [0.15, 0.2) is 0 Å². The summed E-state index contributed by atoms with van der Waals surface area (Å²) < 4.78 is 1.02. The summed E-state index contributed by atoms with van der Waals surface area (Å²) in [6.07, 6.45) is 5.53. The normalized spacial score (nSPS) is 14.9. The number of oxime groups is 1. The van der Waals surface area contributed by atoms with Crippen LogP contribution in [-0.2, 0) is 0 Å². The van der Waals surface area contributed by atoms with Gasteiger partial charge in [-0.05, 0) is 34.1 Å². The highest BCUT2D eigenvalue weighted by Gasteiger charge is 2.10. The van der Waals surface area contributed by atoms with E-state index in [0.29, 0.717) is 0 Å². The van der Waals surface area contributed by atoms with Crippen LogP contribution in [0.2, 0.25) is 0 Å². The highest BCUT2D eigenvalue weighted by molar-refractivity contribution is 9.10. The second-order valence-electron chi connectivity index (χ2n) is 3.43. The molecule has 5 heteroatoms. The van der Waals surface area contributed by atoms with Crippen molar-refractivity contribution in [3.8, 4) is 0 Å². The predicted octanol–water partition coefficient (Wildman–Crippen LogP) is 2.65. The van der Waals surface area contributed by atoms with Crippen LogP contribution in [0.4, 0.5) is 11.4 Å². The van der Waals surface area contributed by atoms with Crippen molar-refractivity contribution in [1.29, 1.82) is 0 Å². The Hall–Kier alpha value is -1.49. The summed E-state index contributed by atoms with van der Waals surface area (Å²) in [5, 5.41) is 14.0. The number of hydrogen-bond donors (Lipinski definition) is 2. The fourth-order valence-corrected chi connectivity index (χ4v) is 2.26. The van der Waals surface area contributed by atoms with E-state index in [0.717, 1.165) is 28.9 Å². The summed E-state index contributed by atoms with van der Waals surface area (Å²) in [6.45, 7) is 1.90. The van der Waals surface area contributed by atoms with E-state index in [1.807, 2.05) is 18.2 Å². The van der Waals surface area contributed by atoms with E-state index in [1.54, 1.807) is 0 Å². The maximum Gasteiger partial charge on any atom is 0.132 e. The SMILES string of the molecule is O/N=C/Nc1ccc(N2CC=CC2)c(Br)c1. The van der Waals surface area contributed by atoms with E-state index in [1.165, 1.54) is 6.34 Å². The molecule has 16 heavy (non-hydrogen) atoms. The third-order valence-corrected chi connectivity index (χ3v) is 3.03. The zero-order chi connectivity index (χ0) is 11.4. The van der Waals surface area contributed by atoms with Crippen molar-refractivity contribution in [2.45, 2.75) is 0 Å². The van der Waals surface area contributed by atoms with Crippen LogP contribution < -0.4 is 10.2 Å². The zero-order valence-corrected chi connectivity index (χ0v) is 10.2. The van der Waals surface area contributed by atoms with Crippen LogP contribution in [0, 0.1) is 0 Å². The van der Waals surface area contributed by atoms with Gasteiger partial charge in [-0.1, -0.05) is 17.3 Å². The molecule has 0 saturated carbocycles. The highest BCUT2D eigenvalue weighted by atomic mass is 79.9. The number of halogens is 1. The van der Waals surface area contributed by atoms with Gasteiger partial charge in [0.1, 0.15) is 6.34 Å². The molecule has 0 spiro atoms. The van der Waals surface area contributed by atoms with E-state index in [9.17, 15) is 0 Å². The number of hydrogen-bond acceptors (Lipinski definition) is 3. The fourth-order valence-electron chi connectivity index (χ4n) is 1.63.